The fourth-order valence-corrected chi connectivity index (χ4v) is 4.66. The second-order valence-corrected chi connectivity index (χ2v) is 9.03. The Morgan fingerprint density at radius 2 is 1.81 bits per heavy atom. The van der Waals surface area contributed by atoms with Gasteiger partial charge >= 0.3 is 0 Å². The molecule has 1 amide bonds. The molecule has 0 bridgehead atoms. The molecule has 0 aliphatic carbocycles. The summed E-state index contributed by atoms with van der Waals surface area (Å²) in [6.45, 7) is 4.45. The lowest BCUT2D eigenvalue weighted by molar-refractivity contribution is -0.132. The van der Waals surface area contributed by atoms with Crippen molar-refractivity contribution in [1.29, 1.82) is 0 Å². The number of benzene rings is 3. The molecule has 2 aliphatic rings. The lowest BCUT2D eigenvalue weighted by Crippen LogP contribution is -2.29. The highest BCUT2D eigenvalue weighted by Gasteiger charge is 2.47. The topological polar surface area (TPSA) is 85.3 Å². The molecule has 0 saturated carbocycles. The molecular weight excluding hydrogens is 458 g/mol. The van der Waals surface area contributed by atoms with Crippen molar-refractivity contribution in [3.05, 3.63) is 89.0 Å². The second-order valence-electron chi connectivity index (χ2n) is 9.03. The quantitative estimate of drug-likeness (QED) is 0.299. The average molecular weight is 486 g/mol. The number of hydrogen-bond acceptors (Lipinski definition) is 6. The highest BCUT2D eigenvalue weighted by atomic mass is 16.5. The van der Waals surface area contributed by atoms with Crippen LogP contribution in [0.4, 0.5) is 5.69 Å². The van der Waals surface area contributed by atoms with Crippen molar-refractivity contribution in [2.75, 3.05) is 18.6 Å². The predicted molar refractivity (Wildman–Crippen MR) is 136 cm³/mol. The number of ketones is 1. The largest absolute Gasteiger partial charge is 0.507 e. The Morgan fingerprint density at radius 3 is 2.53 bits per heavy atom. The molecule has 0 radical (unpaired) electrons. The minimum atomic E-state index is -0.838. The summed E-state index contributed by atoms with van der Waals surface area (Å²) in [5, 5.41) is 11.4. The molecule has 3 aromatic carbocycles. The number of Topliss-reactive ketones (excluding diaryl/α,β-unsaturated/α-hetero) is 1. The fourth-order valence-electron chi connectivity index (χ4n) is 4.66. The third-order valence-electron chi connectivity index (χ3n) is 6.31. The van der Waals surface area contributed by atoms with Crippen LogP contribution in [0.3, 0.4) is 0 Å². The van der Waals surface area contributed by atoms with E-state index in [-0.39, 0.29) is 17.4 Å². The predicted octanol–water partition coefficient (Wildman–Crippen LogP) is 5.04. The van der Waals surface area contributed by atoms with Gasteiger partial charge in [-0.15, -0.1) is 0 Å². The maximum atomic E-state index is 13.4. The van der Waals surface area contributed by atoms with E-state index in [1.54, 1.807) is 48.5 Å². The highest BCUT2D eigenvalue weighted by Crippen LogP contribution is 2.43. The van der Waals surface area contributed by atoms with E-state index in [0.29, 0.717) is 34.9 Å². The molecule has 184 valence electrons. The summed E-state index contributed by atoms with van der Waals surface area (Å²) in [5.41, 5.74) is 2.60. The van der Waals surface area contributed by atoms with E-state index in [2.05, 4.69) is 0 Å². The summed E-state index contributed by atoms with van der Waals surface area (Å²) in [6, 6.07) is 18.6. The number of nitrogens with zero attached hydrogens (tertiary/aromatic N) is 1. The van der Waals surface area contributed by atoms with Gasteiger partial charge in [0.15, 0.2) is 0 Å². The van der Waals surface area contributed by atoms with Gasteiger partial charge in [0, 0.05) is 23.7 Å². The first-order valence-corrected chi connectivity index (χ1v) is 11.8. The monoisotopic (exact) mass is 485 g/mol. The lowest BCUT2D eigenvalue weighted by atomic mass is 9.94. The standard InChI is InChI=1S/C29H27NO6/c1-17(2)36-22-10-7-18(8-11-22)26-25(27(31)20-9-12-24-19(15-20)13-14-35-24)28(32)29(33)30(26)21-5-4-6-23(16-21)34-3/h4-12,15-17,26,31H,13-14H2,1-3H3/b27-25-. The van der Waals surface area contributed by atoms with Crippen molar-refractivity contribution in [2.24, 2.45) is 0 Å². The first kappa shape index (κ1) is 23.5. The Morgan fingerprint density at radius 1 is 1.03 bits per heavy atom. The van der Waals surface area contributed by atoms with Gasteiger partial charge in [-0.3, -0.25) is 14.5 Å². The Bertz CT molecular complexity index is 1360. The third-order valence-corrected chi connectivity index (χ3v) is 6.31. The van der Waals surface area contributed by atoms with Crippen molar-refractivity contribution in [1.82, 2.24) is 0 Å². The number of ether oxygens (including phenoxy) is 3. The Hall–Kier alpha value is -4.26. The molecule has 1 saturated heterocycles. The minimum absolute atomic E-state index is 0.00191. The first-order valence-electron chi connectivity index (χ1n) is 11.8. The number of aliphatic hydroxyl groups is 1. The average Bonchev–Trinajstić information content (AvgIpc) is 3.45. The number of methoxy groups -OCH3 is 1. The molecular formula is C29H27NO6. The van der Waals surface area contributed by atoms with Crippen LogP contribution >= 0.6 is 0 Å². The summed E-state index contributed by atoms with van der Waals surface area (Å²) in [7, 11) is 1.54. The van der Waals surface area contributed by atoms with E-state index in [1.165, 1.54) is 12.0 Å². The Labute approximate surface area is 209 Å². The Balaban J connectivity index is 1.66. The van der Waals surface area contributed by atoms with Crippen LogP contribution in [-0.4, -0.2) is 36.6 Å². The van der Waals surface area contributed by atoms with Gasteiger partial charge < -0.3 is 19.3 Å². The van der Waals surface area contributed by atoms with Gasteiger partial charge in [0.25, 0.3) is 11.7 Å². The number of amides is 1. The van der Waals surface area contributed by atoms with E-state index in [9.17, 15) is 14.7 Å². The van der Waals surface area contributed by atoms with Crippen molar-refractivity contribution in [2.45, 2.75) is 32.4 Å². The molecule has 36 heavy (non-hydrogen) atoms. The number of carbonyl (C=O) groups excluding carboxylic acids is 2. The van der Waals surface area contributed by atoms with Crippen LogP contribution in [0.25, 0.3) is 5.76 Å². The summed E-state index contributed by atoms with van der Waals surface area (Å²) in [4.78, 5) is 28.2. The third kappa shape index (κ3) is 4.17. The molecule has 0 aromatic heterocycles. The highest BCUT2D eigenvalue weighted by molar-refractivity contribution is 6.51. The molecule has 1 unspecified atom stereocenters. The van der Waals surface area contributed by atoms with Gasteiger partial charge in [-0.05, 0) is 67.4 Å². The zero-order chi connectivity index (χ0) is 25.4. The smallest absolute Gasteiger partial charge is 0.300 e. The lowest BCUT2D eigenvalue weighted by Gasteiger charge is -2.26. The summed E-state index contributed by atoms with van der Waals surface area (Å²) >= 11 is 0. The van der Waals surface area contributed by atoms with Crippen molar-refractivity contribution in [3.63, 3.8) is 0 Å². The van der Waals surface area contributed by atoms with Crippen molar-refractivity contribution >= 4 is 23.1 Å². The molecule has 7 nitrogen and oxygen atoms in total. The van der Waals surface area contributed by atoms with Crippen LogP contribution in [0.15, 0.2) is 72.3 Å². The SMILES string of the molecule is COc1cccc(N2C(=O)C(=O)/C(=C(\O)c3ccc4c(c3)CCO4)C2c2ccc(OC(C)C)cc2)c1. The second kappa shape index (κ2) is 9.41. The number of hydrogen-bond donors (Lipinski definition) is 1. The number of fused-ring (bicyclic) bond motifs is 1. The van der Waals surface area contributed by atoms with E-state index in [4.69, 9.17) is 14.2 Å². The summed E-state index contributed by atoms with van der Waals surface area (Å²) in [6.07, 6.45) is 0.720. The molecule has 1 atom stereocenters. The van der Waals surface area contributed by atoms with Crippen molar-refractivity contribution < 1.29 is 28.9 Å². The van der Waals surface area contributed by atoms with Gasteiger partial charge in [-0.2, -0.15) is 0 Å². The molecule has 2 heterocycles. The first-order chi connectivity index (χ1) is 17.4. The van der Waals surface area contributed by atoms with Gasteiger partial charge in [-0.1, -0.05) is 18.2 Å². The molecule has 5 rings (SSSR count). The van der Waals surface area contributed by atoms with Gasteiger partial charge in [-0.25, -0.2) is 0 Å². The summed E-state index contributed by atoms with van der Waals surface area (Å²) < 4.78 is 16.7. The number of aliphatic hydroxyl groups excluding tert-OH is 1. The van der Waals surface area contributed by atoms with E-state index in [0.717, 1.165) is 17.7 Å². The number of carbonyl (C=O) groups is 2. The van der Waals surface area contributed by atoms with Crippen LogP contribution in [-0.2, 0) is 16.0 Å². The number of rotatable bonds is 6. The van der Waals surface area contributed by atoms with Crippen LogP contribution in [0.2, 0.25) is 0 Å². The van der Waals surface area contributed by atoms with Crippen molar-refractivity contribution in [3.8, 4) is 17.2 Å². The maximum Gasteiger partial charge on any atom is 0.300 e. The fraction of sp³-hybridized carbons (Fsp3) is 0.241. The van der Waals surface area contributed by atoms with E-state index >= 15 is 0 Å². The zero-order valence-corrected chi connectivity index (χ0v) is 20.4. The molecule has 7 heteroatoms. The number of anilines is 1. The normalized spacial score (nSPS) is 18.3. The molecule has 1 N–H and O–H groups in total. The van der Waals surface area contributed by atoms with E-state index in [1.807, 2.05) is 32.0 Å². The van der Waals surface area contributed by atoms with Crippen LogP contribution in [0.1, 0.15) is 36.6 Å². The molecule has 0 spiro atoms. The maximum absolute atomic E-state index is 13.4. The van der Waals surface area contributed by atoms with Gasteiger partial charge in [0.2, 0.25) is 0 Å². The zero-order valence-electron chi connectivity index (χ0n) is 20.4. The van der Waals surface area contributed by atoms with Gasteiger partial charge in [0.05, 0.1) is 31.4 Å². The minimum Gasteiger partial charge on any atom is -0.507 e. The van der Waals surface area contributed by atoms with Crippen LogP contribution in [0, 0.1) is 0 Å². The Kier molecular flexibility index (Phi) is 6.14. The molecule has 1 fully saturated rings. The van der Waals surface area contributed by atoms with Crippen LogP contribution in [0.5, 0.6) is 17.2 Å². The van der Waals surface area contributed by atoms with Crippen LogP contribution < -0.4 is 19.1 Å². The summed E-state index contributed by atoms with van der Waals surface area (Å²) in [5.74, 6) is 0.293. The molecule has 2 aliphatic heterocycles. The van der Waals surface area contributed by atoms with E-state index < -0.39 is 17.7 Å². The van der Waals surface area contributed by atoms with Gasteiger partial charge in [0.1, 0.15) is 23.0 Å². The molecule has 3 aromatic rings.